The standard InChI is InChI=1S/C23H30N4OS/c1-3-26(20-12-10-18(2)11-13-20)15-6-14-24-23(29)25-19-7-4-8-21(17-19)27-16-5-9-22(27)28/h4,7-8,10-13,17H,3,5-6,9,14-16H2,1-2H3,(H2,24,25,29). The molecule has 29 heavy (non-hydrogen) atoms. The van der Waals surface area contributed by atoms with Crippen molar-refractivity contribution >= 4 is 40.3 Å². The van der Waals surface area contributed by atoms with Crippen molar-refractivity contribution in [2.45, 2.75) is 33.1 Å². The molecule has 2 N–H and O–H groups in total. The number of aryl methyl sites for hydroxylation is 1. The first-order valence-corrected chi connectivity index (χ1v) is 10.7. The number of carbonyl (C=O) groups is 1. The molecule has 0 aliphatic carbocycles. The topological polar surface area (TPSA) is 47.6 Å². The molecule has 5 nitrogen and oxygen atoms in total. The minimum Gasteiger partial charge on any atom is -0.372 e. The maximum atomic E-state index is 11.9. The van der Waals surface area contributed by atoms with E-state index in [1.165, 1.54) is 11.3 Å². The molecule has 1 fully saturated rings. The molecule has 0 unspecified atom stereocenters. The molecule has 1 aliphatic rings. The molecular formula is C23H30N4OS. The van der Waals surface area contributed by atoms with Crippen LogP contribution in [0.25, 0.3) is 0 Å². The van der Waals surface area contributed by atoms with Gasteiger partial charge in [0.1, 0.15) is 0 Å². The van der Waals surface area contributed by atoms with Crippen molar-refractivity contribution < 1.29 is 4.79 Å². The summed E-state index contributed by atoms with van der Waals surface area (Å²) in [5.41, 5.74) is 4.36. The van der Waals surface area contributed by atoms with Gasteiger partial charge < -0.3 is 20.4 Å². The maximum Gasteiger partial charge on any atom is 0.227 e. The average Bonchev–Trinajstić information content (AvgIpc) is 3.15. The number of carbonyl (C=O) groups excluding carboxylic acids is 1. The van der Waals surface area contributed by atoms with Gasteiger partial charge in [0.15, 0.2) is 5.11 Å². The molecule has 1 saturated heterocycles. The Hall–Kier alpha value is -2.60. The zero-order valence-electron chi connectivity index (χ0n) is 17.3. The van der Waals surface area contributed by atoms with Crippen molar-refractivity contribution in [3.05, 3.63) is 54.1 Å². The van der Waals surface area contributed by atoms with Crippen LogP contribution in [-0.4, -0.2) is 37.2 Å². The monoisotopic (exact) mass is 410 g/mol. The molecule has 0 bridgehead atoms. The first-order chi connectivity index (χ1) is 14.1. The van der Waals surface area contributed by atoms with Crippen molar-refractivity contribution in [3.63, 3.8) is 0 Å². The van der Waals surface area contributed by atoms with Crippen molar-refractivity contribution in [1.29, 1.82) is 0 Å². The van der Waals surface area contributed by atoms with Crippen LogP contribution in [-0.2, 0) is 4.79 Å². The van der Waals surface area contributed by atoms with Crippen molar-refractivity contribution in [3.8, 4) is 0 Å². The molecule has 3 rings (SSSR count). The van der Waals surface area contributed by atoms with E-state index in [2.05, 4.69) is 53.6 Å². The van der Waals surface area contributed by atoms with Gasteiger partial charge in [-0.25, -0.2) is 0 Å². The highest BCUT2D eigenvalue weighted by Gasteiger charge is 2.21. The second-order valence-corrected chi connectivity index (χ2v) is 7.76. The number of amides is 1. The molecule has 6 heteroatoms. The maximum absolute atomic E-state index is 11.9. The van der Waals surface area contributed by atoms with E-state index in [0.29, 0.717) is 11.5 Å². The first-order valence-electron chi connectivity index (χ1n) is 10.3. The van der Waals surface area contributed by atoms with Crippen LogP contribution < -0.4 is 20.4 Å². The predicted molar refractivity (Wildman–Crippen MR) is 126 cm³/mol. The van der Waals surface area contributed by atoms with Gasteiger partial charge in [0.2, 0.25) is 5.91 Å². The van der Waals surface area contributed by atoms with Crippen LogP contribution in [0, 0.1) is 6.92 Å². The number of thiocarbonyl (C=S) groups is 1. The van der Waals surface area contributed by atoms with E-state index in [-0.39, 0.29) is 5.91 Å². The molecule has 1 heterocycles. The molecule has 1 amide bonds. The molecule has 0 aromatic heterocycles. The van der Waals surface area contributed by atoms with E-state index in [4.69, 9.17) is 12.2 Å². The van der Waals surface area contributed by atoms with Gasteiger partial charge in [0.25, 0.3) is 0 Å². The fraction of sp³-hybridized carbons (Fsp3) is 0.391. The molecule has 154 valence electrons. The zero-order chi connectivity index (χ0) is 20.6. The molecule has 2 aromatic carbocycles. The molecule has 0 atom stereocenters. The van der Waals surface area contributed by atoms with Crippen LogP contribution in [0.4, 0.5) is 17.1 Å². The van der Waals surface area contributed by atoms with Gasteiger partial charge in [-0.1, -0.05) is 23.8 Å². The Kier molecular flexibility index (Phi) is 7.47. The van der Waals surface area contributed by atoms with Crippen LogP contribution in [0.2, 0.25) is 0 Å². The summed E-state index contributed by atoms with van der Waals surface area (Å²) in [5, 5.41) is 7.12. The van der Waals surface area contributed by atoms with Crippen LogP contribution in [0.1, 0.15) is 31.7 Å². The lowest BCUT2D eigenvalue weighted by Gasteiger charge is -2.23. The van der Waals surface area contributed by atoms with E-state index in [0.717, 1.165) is 50.4 Å². The number of nitrogens with zero attached hydrogens (tertiary/aromatic N) is 2. The van der Waals surface area contributed by atoms with Crippen LogP contribution in [0.3, 0.4) is 0 Å². The van der Waals surface area contributed by atoms with Gasteiger partial charge in [0.05, 0.1) is 0 Å². The van der Waals surface area contributed by atoms with Gasteiger partial charge in [-0.2, -0.15) is 0 Å². The highest BCUT2D eigenvalue weighted by molar-refractivity contribution is 7.80. The Morgan fingerprint density at radius 3 is 2.69 bits per heavy atom. The Morgan fingerprint density at radius 2 is 2.00 bits per heavy atom. The number of anilines is 3. The van der Waals surface area contributed by atoms with E-state index < -0.39 is 0 Å². The SMILES string of the molecule is CCN(CCCNC(=S)Nc1cccc(N2CCCC2=O)c1)c1ccc(C)cc1. The molecule has 0 saturated carbocycles. The summed E-state index contributed by atoms with van der Waals surface area (Å²) in [6.07, 6.45) is 2.55. The van der Waals surface area contributed by atoms with E-state index in [9.17, 15) is 4.79 Å². The fourth-order valence-electron chi connectivity index (χ4n) is 3.55. The second-order valence-electron chi connectivity index (χ2n) is 7.35. The smallest absolute Gasteiger partial charge is 0.227 e. The lowest BCUT2D eigenvalue weighted by Crippen LogP contribution is -2.32. The Bertz CT molecular complexity index is 837. The van der Waals surface area contributed by atoms with Crippen molar-refractivity contribution in [2.75, 3.05) is 41.3 Å². The number of hydrogen-bond donors (Lipinski definition) is 2. The predicted octanol–water partition coefficient (Wildman–Crippen LogP) is 4.32. The van der Waals surface area contributed by atoms with Crippen LogP contribution in [0.15, 0.2) is 48.5 Å². The molecule has 0 spiro atoms. The Labute approximate surface area is 179 Å². The summed E-state index contributed by atoms with van der Waals surface area (Å²) in [6.45, 7) is 7.84. The summed E-state index contributed by atoms with van der Waals surface area (Å²) in [5.74, 6) is 0.192. The van der Waals surface area contributed by atoms with E-state index in [1.54, 1.807) is 0 Å². The van der Waals surface area contributed by atoms with Gasteiger partial charge in [-0.3, -0.25) is 4.79 Å². The van der Waals surface area contributed by atoms with E-state index >= 15 is 0 Å². The molecule has 2 aromatic rings. The summed E-state index contributed by atoms with van der Waals surface area (Å²) in [7, 11) is 0. The first kappa shape index (κ1) is 21.1. The number of rotatable bonds is 8. The Morgan fingerprint density at radius 1 is 1.21 bits per heavy atom. The van der Waals surface area contributed by atoms with Crippen LogP contribution in [0.5, 0.6) is 0 Å². The second kappa shape index (κ2) is 10.3. The van der Waals surface area contributed by atoms with Crippen LogP contribution >= 0.6 is 12.2 Å². The van der Waals surface area contributed by atoms with Gasteiger partial charge >= 0.3 is 0 Å². The quantitative estimate of drug-likeness (QED) is 0.501. The summed E-state index contributed by atoms with van der Waals surface area (Å²) >= 11 is 5.44. The minimum atomic E-state index is 0.192. The third-order valence-corrected chi connectivity index (χ3v) is 5.41. The zero-order valence-corrected chi connectivity index (χ0v) is 18.1. The molecular weight excluding hydrogens is 380 g/mol. The number of benzene rings is 2. The average molecular weight is 411 g/mol. The number of nitrogens with one attached hydrogen (secondary N) is 2. The highest BCUT2D eigenvalue weighted by atomic mass is 32.1. The third kappa shape index (κ3) is 5.94. The number of hydrogen-bond acceptors (Lipinski definition) is 3. The minimum absolute atomic E-state index is 0.192. The lowest BCUT2D eigenvalue weighted by atomic mass is 10.2. The highest BCUT2D eigenvalue weighted by Crippen LogP contribution is 2.24. The molecule has 0 radical (unpaired) electrons. The largest absolute Gasteiger partial charge is 0.372 e. The van der Waals surface area contributed by atoms with Gasteiger partial charge in [0, 0.05) is 49.7 Å². The summed E-state index contributed by atoms with van der Waals surface area (Å²) in [6, 6.07) is 16.5. The van der Waals surface area contributed by atoms with Crippen molar-refractivity contribution in [2.24, 2.45) is 0 Å². The molecule has 1 aliphatic heterocycles. The Balaban J connectivity index is 1.44. The van der Waals surface area contributed by atoms with Gasteiger partial charge in [-0.05, 0) is 69.2 Å². The summed E-state index contributed by atoms with van der Waals surface area (Å²) < 4.78 is 0. The van der Waals surface area contributed by atoms with Crippen molar-refractivity contribution in [1.82, 2.24) is 5.32 Å². The summed E-state index contributed by atoms with van der Waals surface area (Å²) in [4.78, 5) is 16.2. The van der Waals surface area contributed by atoms with Gasteiger partial charge in [-0.15, -0.1) is 0 Å². The lowest BCUT2D eigenvalue weighted by molar-refractivity contribution is -0.117. The third-order valence-electron chi connectivity index (χ3n) is 5.16. The normalized spacial score (nSPS) is 13.4. The fourth-order valence-corrected chi connectivity index (χ4v) is 3.77. The van der Waals surface area contributed by atoms with E-state index in [1.807, 2.05) is 29.2 Å².